The third kappa shape index (κ3) is 6.06. The van der Waals surface area contributed by atoms with Gasteiger partial charge >= 0.3 is 0 Å². The van der Waals surface area contributed by atoms with Crippen LogP contribution in [0.25, 0.3) is 98.6 Å². The molecule has 5 heteroatoms. The van der Waals surface area contributed by atoms with Crippen molar-refractivity contribution in [1.82, 2.24) is 19.1 Å². The molecule has 9 aromatic carbocycles. The van der Waals surface area contributed by atoms with Crippen LogP contribution in [0.3, 0.4) is 0 Å². The Balaban J connectivity index is 0.000000124. The number of halogens is 1. The Morgan fingerprint density at radius 3 is 0.797 bits per heavy atom. The summed E-state index contributed by atoms with van der Waals surface area (Å²) in [6, 6.07) is 74.8. The zero-order chi connectivity index (χ0) is 39.3. The second-order valence-corrected chi connectivity index (χ2v) is 15.8. The van der Waals surface area contributed by atoms with E-state index >= 15 is 0 Å². The van der Waals surface area contributed by atoms with Crippen molar-refractivity contribution in [3.63, 3.8) is 0 Å². The summed E-state index contributed by atoms with van der Waals surface area (Å²) in [7, 11) is 0. The summed E-state index contributed by atoms with van der Waals surface area (Å²) in [4.78, 5) is 6.76. The van der Waals surface area contributed by atoms with E-state index in [1.54, 1.807) is 0 Å². The van der Waals surface area contributed by atoms with Crippen molar-refractivity contribution in [1.29, 1.82) is 0 Å². The molecule has 0 radical (unpaired) electrons. The molecule has 0 atom stereocenters. The minimum absolute atomic E-state index is 1.05. The van der Waals surface area contributed by atoms with Gasteiger partial charge in [0.05, 0.1) is 22.1 Å². The van der Waals surface area contributed by atoms with Gasteiger partial charge in [0.25, 0.3) is 0 Å². The number of nitrogens with one attached hydrogen (secondary N) is 2. The average molecular weight is 822 g/mol. The van der Waals surface area contributed by atoms with Crippen molar-refractivity contribution < 1.29 is 0 Å². The minimum atomic E-state index is 1.05. The second kappa shape index (κ2) is 14.6. The highest BCUT2D eigenvalue weighted by molar-refractivity contribution is 9.10. The maximum atomic E-state index is 3.81. The summed E-state index contributed by atoms with van der Waals surface area (Å²) in [5.74, 6) is 0. The van der Waals surface area contributed by atoms with Gasteiger partial charge in [-0.25, -0.2) is 0 Å². The standard InChI is InChI=1S/C30H19BrN2.2C12H9N/c31-20-17-21(32-27-13-5-1-9-23(27)24-10-2-6-14-28(24)32)19-22(18-20)33-29-15-7-3-11-25(29)26-12-4-8-16-30(26)33;2*1-3-7-11-9(5-1)10-6-2-4-8-12(10)13-11/h1-19H;2*1-8,13H. The Hall–Kier alpha value is -7.34. The van der Waals surface area contributed by atoms with Crippen LogP contribution in [0.15, 0.2) is 217 Å². The number of aromatic amines is 2. The van der Waals surface area contributed by atoms with Gasteiger partial charge in [-0.15, -0.1) is 0 Å². The van der Waals surface area contributed by atoms with Crippen LogP contribution < -0.4 is 0 Å². The number of fused-ring (bicyclic) bond motifs is 12. The van der Waals surface area contributed by atoms with Crippen molar-refractivity contribution in [2.24, 2.45) is 0 Å². The van der Waals surface area contributed by atoms with Crippen LogP contribution in [0.1, 0.15) is 0 Å². The summed E-state index contributed by atoms with van der Waals surface area (Å²) >= 11 is 3.81. The SMILES string of the molecule is Brc1cc(-n2c3ccccc3c3ccccc32)cc(-n2c3ccccc3c3ccccc32)c1.c1ccc2c(c1)[nH]c1ccccc12.c1ccc2c(c1)[nH]c1ccccc12. The van der Waals surface area contributed by atoms with Gasteiger partial charge in [-0.1, -0.05) is 162 Å². The van der Waals surface area contributed by atoms with Crippen LogP contribution in [0.2, 0.25) is 0 Å². The van der Waals surface area contributed by atoms with Crippen LogP contribution in [-0.4, -0.2) is 19.1 Å². The fourth-order valence-electron chi connectivity index (χ4n) is 8.82. The number of nitrogens with zero attached hydrogens (tertiary/aromatic N) is 2. The first-order valence-corrected chi connectivity index (χ1v) is 20.7. The van der Waals surface area contributed by atoms with E-state index < -0.39 is 0 Å². The Bertz CT molecular complexity index is 3210. The lowest BCUT2D eigenvalue weighted by molar-refractivity contribution is 1.13. The topological polar surface area (TPSA) is 41.4 Å². The molecule has 0 aliphatic rings. The Morgan fingerprint density at radius 1 is 0.271 bits per heavy atom. The van der Waals surface area contributed by atoms with Crippen molar-refractivity contribution in [3.8, 4) is 11.4 Å². The molecular weight excluding hydrogens is 785 g/mol. The van der Waals surface area contributed by atoms with Crippen molar-refractivity contribution in [2.75, 3.05) is 0 Å². The minimum Gasteiger partial charge on any atom is -0.355 e. The molecule has 0 aliphatic heterocycles. The van der Waals surface area contributed by atoms with E-state index in [1.165, 1.54) is 87.2 Å². The monoisotopic (exact) mass is 820 g/mol. The van der Waals surface area contributed by atoms with Gasteiger partial charge in [0, 0.05) is 81.0 Å². The summed E-state index contributed by atoms with van der Waals surface area (Å²) in [6.45, 7) is 0. The first-order chi connectivity index (χ1) is 29.2. The molecule has 13 rings (SSSR count). The second-order valence-electron chi connectivity index (χ2n) is 14.8. The van der Waals surface area contributed by atoms with Gasteiger partial charge in [-0.2, -0.15) is 0 Å². The van der Waals surface area contributed by atoms with Gasteiger partial charge in [-0.05, 0) is 66.7 Å². The number of hydrogen-bond donors (Lipinski definition) is 2. The number of aromatic nitrogens is 4. The van der Waals surface area contributed by atoms with Crippen LogP contribution in [-0.2, 0) is 0 Å². The molecule has 0 spiro atoms. The molecule has 0 bridgehead atoms. The van der Waals surface area contributed by atoms with Gasteiger partial charge in [0.2, 0.25) is 0 Å². The zero-order valence-electron chi connectivity index (χ0n) is 32.0. The van der Waals surface area contributed by atoms with E-state index in [1.807, 2.05) is 0 Å². The molecule has 0 aliphatic carbocycles. The molecule has 4 aromatic heterocycles. The number of para-hydroxylation sites is 8. The molecule has 13 aromatic rings. The molecule has 4 heterocycles. The average Bonchev–Trinajstić information content (AvgIpc) is 4.04. The highest BCUT2D eigenvalue weighted by atomic mass is 79.9. The van der Waals surface area contributed by atoms with E-state index in [2.05, 4.69) is 247 Å². The van der Waals surface area contributed by atoms with Gasteiger partial charge < -0.3 is 19.1 Å². The van der Waals surface area contributed by atoms with Crippen LogP contribution in [0.4, 0.5) is 0 Å². The molecule has 0 saturated carbocycles. The van der Waals surface area contributed by atoms with E-state index in [0.717, 1.165) is 15.8 Å². The molecule has 4 nitrogen and oxygen atoms in total. The summed E-state index contributed by atoms with van der Waals surface area (Å²) in [5.41, 5.74) is 12.0. The van der Waals surface area contributed by atoms with Gasteiger partial charge in [-0.3, -0.25) is 0 Å². The quantitative estimate of drug-likeness (QED) is 0.174. The van der Waals surface area contributed by atoms with Crippen LogP contribution in [0.5, 0.6) is 0 Å². The number of rotatable bonds is 2. The Labute approximate surface area is 348 Å². The van der Waals surface area contributed by atoms with E-state index in [0.29, 0.717) is 0 Å². The van der Waals surface area contributed by atoms with E-state index in [9.17, 15) is 0 Å². The maximum Gasteiger partial charge on any atom is 0.0541 e. The lowest BCUT2D eigenvalue weighted by Crippen LogP contribution is -1.99. The van der Waals surface area contributed by atoms with Gasteiger partial charge in [0.1, 0.15) is 0 Å². The normalized spacial score (nSPS) is 11.5. The number of hydrogen-bond acceptors (Lipinski definition) is 0. The molecule has 0 amide bonds. The van der Waals surface area contributed by atoms with Crippen molar-refractivity contribution >= 4 is 103 Å². The molecule has 59 heavy (non-hydrogen) atoms. The predicted octanol–water partition coefficient (Wildman–Crippen LogP) is 15.3. The third-order valence-electron chi connectivity index (χ3n) is 11.4. The summed E-state index contributed by atoms with van der Waals surface area (Å²) in [6.07, 6.45) is 0. The fourth-order valence-corrected chi connectivity index (χ4v) is 9.29. The third-order valence-corrected chi connectivity index (χ3v) is 11.8. The molecule has 0 saturated heterocycles. The maximum absolute atomic E-state index is 3.81. The first-order valence-electron chi connectivity index (χ1n) is 19.9. The van der Waals surface area contributed by atoms with Crippen LogP contribution >= 0.6 is 15.9 Å². The van der Waals surface area contributed by atoms with E-state index in [4.69, 9.17) is 0 Å². The lowest BCUT2D eigenvalue weighted by atomic mass is 10.2. The van der Waals surface area contributed by atoms with E-state index in [-0.39, 0.29) is 0 Å². The van der Waals surface area contributed by atoms with Crippen molar-refractivity contribution in [3.05, 3.63) is 217 Å². The van der Waals surface area contributed by atoms with Crippen LogP contribution in [0, 0.1) is 0 Å². The smallest absolute Gasteiger partial charge is 0.0541 e. The zero-order valence-corrected chi connectivity index (χ0v) is 33.6. The molecule has 0 fully saturated rings. The lowest BCUT2D eigenvalue weighted by Gasteiger charge is -2.14. The molecule has 2 N–H and O–H groups in total. The summed E-state index contributed by atoms with van der Waals surface area (Å²) in [5, 5.41) is 10.3. The number of benzene rings is 9. The Morgan fingerprint density at radius 2 is 0.508 bits per heavy atom. The highest BCUT2D eigenvalue weighted by Crippen LogP contribution is 2.37. The highest BCUT2D eigenvalue weighted by Gasteiger charge is 2.16. The largest absolute Gasteiger partial charge is 0.355 e. The first kappa shape index (κ1) is 34.9. The van der Waals surface area contributed by atoms with Crippen molar-refractivity contribution in [2.45, 2.75) is 0 Å². The Kier molecular flexibility index (Phi) is 8.60. The predicted molar refractivity (Wildman–Crippen MR) is 254 cm³/mol. The van der Waals surface area contributed by atoms with Gasteiger partial charge in [0.15, 0.2) is 0 Å². The molecule has 0 unspecified atom stereocenters. The molecule has 280 valence electrons. The summed E-state index contributed by atoms with van der Waals surface area (Å²) < 4.78 is 5.79. The number of H-pyrrole nitrogens is 2. The molecular formula is C54H37BrN4. The fraction of sp³-hybridized carbons (Fsp3) is 0.